The van der Waals surface area contributed by atoms with Crippen LogP contribution in [0.4, 0.5) is 4.39 Å². The molecule has 2 atom stereocenters. The number of carboxylic acids is 2. The van der Waals surface area contributed by atoms with E-state index in [1.807, 2.05) is 0 Å². The van der Waals surface area contributed by atoms with E-state index in [0.717, 1.165) is 19.4 Å². The fraction of sp³-hybridized carbons (Fsp3) is 0.318. The first-order valence-corrected chi connectivity index (χ1v) is 9.75. The second kappa shape index (κ2) is 10.0. The van der Waals surface area contributed by atoms with Crippen LogP contribution in [0.15, 0.2) is 42.6 Å². The van der Waals surface area contributed by atoms with E-state index in [0.29, 0.717) is 12.6 Å². The highest BCUT2D eigenvalue weighted by molar-refractivity contribution is 6.19. The fourth-order valence-corrected chi connectivity index (χ4v) is 3.65. The van der Waals surface area contributed by atoms with Crippen molar-refractivity contribution < 1.29 is 33.7 Å². The third-order valence-corrected chi connectivity index (χ3v) is 5.06. The second-order valence-electron chi connectivity index (χ2n) is 7.05. The lowest BCUT2D eigenvalue weighted by atomic mass is 9.88. The molecule has 3 N–H and O–H groups in total. The molecule has 1 aromatic carbocycles. The normalized spacial score (nSPS) is 17.6. The number of carboxylic acid groups (broad SMARTS) is 2. The number of ether oxygens (including phenoxy) is 2. The Morgan fingerprint density at radius 3 is 2.74 bits per heavy atom. The predicted molar refractivity (Wildman–Crippen MR) is 109 cm³/mol. The Balaban J connectivity index is 2.14. The van der Waals surface area contributed by atoms with E-state index in [1.165, 1.54) is 37.6 Å². The number of methoxy groups -OCH3 is 1. The van der Waals surface area contributed by atoms with E-state index in [1.54, 1.807) is 6.07 Å². The van der Waals surface area contributed by atoms with Gasteiger partial charge in [-0.3, -0.25) is 4.98 Å². The number of pyridine rings is 1. The molecule has 0 bridgehead atoms. The zero-order valence-electron chi connectivity index (χ0n) is 16.9. The Hall–Kier alpha value is -3.46. The van der Waals surface area contributed by atoms with Crippen molar-refractivity contribution in [1.82, 2.24) is 10.3 Å². The first-order chi connectivity index (χ1) is 14.9. The monoisotopic (exact) mass is 430 g/mol. The van der Waals surface area contributed by atoms with Gasteiger partial charge in [0, 0.05) is 30.3 Å². The summed E-state index contributed by atoms with van der Waals surface area (Å²) in [4.78, 5) is 27.4. The zero-order chi connectivity index (χ0) is 22.4. The van der Waals surface area contributed by atoms with Crippen molar-refractivity contribution in [1.29, 1.82) is 0 Å². The highest BCUT2D eigenvalue weighted by Crippen LogP contribution is 2.39. The Morgan fingerprint density at radius 2 is 2.10 bits per heavy atom. The molecule has 2 aromatic rings. The molecule has 0 aliphatic carbocycles. The van der Waals surface area contributed by atoms with E-state index in [9.17, 15) is 19.1 Å². The maximum absolute atomic E-state index is 14.6. The summed E-state index contributed by atoms with van der Waals surface area (Å²) in [7, 11) is 1.39. The van der Waals surface area contributed by atoms with Crippen LogP contribution in [0.1, 0.15) is 30.2 Å². The Morgan fingerprint density at radius 1 is 1.29 bits per heavy atom. The predicted octanol–water partition coefficient (Wildman–Crippen LogP) is 2.90. The van der Waals surface area contributed by atoms with Gasteiger partial charge in [-0.1, -0.05) is 12.1 Å². The number of nitrogens with one attached hydrogen (secondary N) is 1. The van der Waals surface area contributed by atoms with Gasteiger partial charge in [0.1, 0.15) is 6.10 Å². The maximum Gasteiger partial charge on any atom is 0.336 e. The van der Waals surface area contributed by atoms with E-state index >= 15 is 0 Å². The van der Waals surface area contributed by atoms with Crippen LogP contribution in [0.5, 0.6) is 11.5 Å². The fourth-order valence-electron chi connectivity index (χ4n) is 3.65. The molecular weight excluding hydrogens is 407 g/mol. The molecule has 2 heterocycles. The third kappa shape index (κ3) is 5.18. The summed E-state index contributed by atoms with van der Waals surface area (Å²) in [5.74, 6) is -3.54. The smallest absolute Gasteiger partial charge is 0.336 e. The van der Waals surface area contributed by atoms with Crippen molar-refractivity contribution in [2.24, 2.45) is 5.92 Å². The first-order valence-electron chi connectivity index (χ1n) is 9.75. The van der Waals surface area contributed by atoms with Crippen LogP contribution in [0.3, 0.4) is 0 Å². The van der Waals surface area contributed by atoms with Crippen LogP contribution in [-0.2, 0) is 9.59 Å². The van der Waals surface area contributed by atoms with Gasteiger partial charge in [-0.05, 0) is 37.6 Å². The van der Waals surface area contributed by atoms with Gasteiger partial charge in [0.05, 0.1) is 18.4 Å². The molecule has 1 aromatic heterocycles. The molecule has 0 saturated carbocycles. The Kier molecular flexibility index (Phi) is 7.19. The number of hydrogen-bond acceptors (Lipinski definition) is 6. The summed E-state index contributed by atoms with van der Waals surface area (Å²) in [6.45, 7) is 1.36. The molecule has 0 spiro atoms. The number of rotatable bonds is 8. The highest BCUT2D eigenvalue weighted by atomic mass is 19.1. The molecule has 0 amide bonds. The zero-order valence-corrected chi connectivity index (χ0v) is 16.9. The molecule has 0 radical (unpaired) electrons. The molecule has 164 valence electrons. The number of aliphatic carboxylic acids is 2. The van der Waals surface area contributed by atoms with Crippen LogP contribution < -0.4 is 14.8 Å². The van der Waals surface area contributed by atoms with Crippen LogP contribution in [0, 0.1) is 11.7 Å². The molecule has 8 nitrogen and oxygen atoms in total. The van der Waals surface area contributed by atoms with Gasteiger partial charge in [-0.15, -0.1) is 0 Å². The molecule has 1 aliphatic heterocycles. The first kappa shape index (κ1) is 22.2. The lowest BCUT2D eigenvalue weighted by Crippen LogP contribution is -2.36. The molecule has 9 heteroatoms. The van der Waals surface area contributed by atoms with Gasteiger partial charge in [0.2, 0.25) is 0 Å². The standard InChI is InChI=1S/C22H23FN2O6/c1-30-17-8-2-7-16(23)21(17)31-20(13-5-3-9-24-12-13)19-14(6-4-10-25-19)15(22(28)29)11-18(26)27/h2,4,6-8,10-11,13,20,24H,3,5,9,12H2,1H3,(H,26,27)(H,28,29)/b15-11+. The summed E-state index contributed by atoms with van der Waals surface area (Å²) in [6.07, 6.45) is 2.81. The Bertz CT molecular complexity index is 988. The summed E-state index contributed by atoms with van der Waals surface area (Å²) in [5, 5.41) is 22.0. The lowest BCUT2D eigenvalue weighted by Gasteiger charge is -2.32. The van der Waals surface area contributed by atoms with Gasteiger partial charge in [0.25, 0.3) is 0 Å². The molecule has 1 aliphatic rings. The number of benzene rings is 1. The van der Waals surface area contributed by atoms with Gasteiger partial charge in [-0.25, -0.2) is 14.0 Å². The number of hydrogen-bond donors (Lipinski definition) is 3. The van der Waals surface area contributed by atoms with E-state index in [-0.39, 0.29) is 28.7 Å². The molecule has 1 saturated heterocycles. The van der Waals surface area contributed by atoms with Crippen LogP contribution >= 0.6 is 0 Å². The number of para-hydroxylation sites is 1. The Labute approximate surface area is 178 Å². The van der Waals surface area contributed by atoms with Crippen molar-refractivity contribution >= 4 is 17.5 Å². The van der Waals surface area contributed by atoms with E-state index < -0.39 is 29.4 Å². The molecule has 31 heavy (non-hydrogen) atoms. The maximum atomic E-state index is 14.6. The number of nitrogens with zero attached hydrogens (tertiary/aromatic N) is 1. The summed E-state index contributed by atoms with van der Waals surface area (Å²) in [5.41, 5.74) is -0.117. The number of piperidine rings is 1. The van der Waals surface area contributed by atoms with Crippen molar-refractivity contribution in [3.05, 3.63) is 59.7 Å². The minimum absolute atomic E-state index is 0.100. The lowest BCUT2D eigenvalue weighted by molar-refractivity contribution is -0.133. The SMILES string of the molecule is COc1cccc(F)c1OC(c1ncccc1/C(=C\C(=O)O)C(=O)O)C1CCCNC1. The number of aromatic nitrogens is 1. The van der Waals surface area contributed by atoms with Gasteiger partial charge < -0.3 is 25.0 Å². The minimum atomic E-state index is -1.42. The van der Waals surface area contributed by atoms with Crippen LogP contribution in [0.25, 0.3) is 5.57 Å². The third-order valence-electron chi connectivity index (χ3n) is 5.06. The van der Waals surface area contributed by atoms with Crippen molar-refractivity contribution in [2.75, 3.05) is 20.2 Å². The van der Waals surface area contributed by atoms with Gasteiger partial charge in [0.15, 0.2) is 17.3 Å². The van der Waals surface area contributed by atoms with Crippen LogP contribution in [-0.4, -0.2) is 47.3 Å². The topological polar surface area (TPSA) is 118 Å². The number of halogens is 1. The second-order valence-corrected chi connectivity index (χ2v) is 7.05. The van der Waals surface area contributed by atoms with E-state index in [2.05, 4.69) is 10.3 Å². The molecule has 2 unspecified atom stereocenters. The molecular formula is C22H23FN2O6. The van der Waals surface area contributed by atoms with E-state index in [4.69, 9.17) is 14.6 Å². The van der Waals surface area contributed by atoms with Crippen molar-refractivity contribution in [3.8, 4) is 11.5 Å². The van der Waals surface area contributed by atoms with Crippen molar-refractivity contribution in [2.45, 2.75) is 18.9 Å². The van der Waals surface area contributed by atoms with Gasteiger partial charge >= 0.3 is 11.9 Å². The average Bonchev–Trinajstić information content (AvgIpc) is 2.77. The number of carbonyl (C=O) groups is 2. The summed E-state index contributed by atoms with van der Waals surface area (Å²) < 4.78 is 25.9. The summed E-state index contributed by atoms with van der Waals surface area (Å²) >= 11 is 0. The quantitative estimate of drug-likeness (QED) is 0.547. The van der Waals surface area contributed by atoms with Gasteiger partial charge in [-0.2, -0.15) is 0 Å². The van der Waals surface area contributed by atoms with Crippen LogP contribution in [0.2, 0.25) is 0 Å². The highest BCUT2D eigenvalue weighted by Gasteiger charge is 2.33. The average molecular weight is 430 g/mol. The largest absolute Gasteiger partial charge is 0.493 e. The minimum Gasteiger partial charge on any atom is -0.493 e. The summed E-state index contributed by atoms with van der Waals surface area (Å²) in [6, 6.07) is 7.26. The van der Waals surface area contributed by atoms with Crippen molar-refractivity contribution in [3.63, 3.8) is 0 Å². The molecule has 1 fully saturated rings. The molecule has 3 rings (SSSR count).